The SMILES string of the molecule is C=CCNS(=O)(=O)c1ccc(C(=O)N2CCC(N)C(C)(C)C2)cc1. The molecule has 1 unspecified atom stereocenters. The zero-order valence-electron chi connectivity index (χ0n) is 14.2. The number of sulfonamides is 1. The van der Waals surface area contributed by atoms with E-state index in [1.807, 2.05) is 0 Å². The molecule has 0 spiro atoms. The molecule has 0 aromatic heterocycles. The van der Waals surface area contributed by atoms with Crippen molar-refractivity contribution in [2.24, 2.45) is 11.1 Å². The fraction of sp³-hybridized carbons (Fsp3) is 0.471. The van der Waals surface area contributed by atoms with Crippen LogP contribution in [0.3, 0.4) is 0 Å². The average Bonchev–Trinajstić information content (AvgIpc) is 2.55. The lowest BCUT2D eigenvalue weighted by atomic mass is 9.79. The number of hydrogen-bond acceptors (Lipinski definition) is 4. The van der Waals surface area contributed by atoms with Gasteiger partial charge in [-0.2, -0.15) is 0 Å². The minimum atomic E-state index is -3.58. The summed E-state index contributed by atoms with van der Waals surface area (Å²) in [7, 11) is -3.58. The average molecular weight is 351 g/mol. The van der Waals surface area contributed by atoms with Crippen LogP contribution >= 0.6 is 0 Å². The summed E-state index contributed by atoms with van der Waals surface area (Å²) in [5.41, 5.74) is 6.45. The molecule has 1 heterocycles. The van der Waals surface area contributed by atoms with Crippen molar-refractivity contribution in [3.63, 3.8) is 0 Å². The third-order valence-electron chi connectivity index (χ3n) is 4.43. The molecule has 1 atom stereocenters. The normalized spacial score (nSPS) is 20.6. The van der Waals surface area contributed by atoms with E-state index in [9.17, 15) is 13.2 Å². The van der Waals surface area contributed by atoms with E-state index in [1.165, 1.54) is 18.2 Å². The smallest absolute Gasteiger partial charge is 0.253 e. The van der Waals surface area contributed by atoms with E-state index in [2.05, 4.69) is 25.1 Å². The Bertz CT molecular complexity index is 711. The van der Waals surface area contributed by atoms with Crippen LogP contribution in [0, 0.1) is 5.41 Å². The van der Waals surface area contributed by atoms with Gasteiger partial charge in [0.25, 0.3) is 5.91 Å². The molecule has 0 bridgehead atoms. The molecule has 6 nitrogen and oxygen atoms in total. The molecule has 1 aliphatic rings. The summed E-state index contributed by atoms with van der Waals surface area (Å²) in [6.45, 7) is 8.95. The highest BCUT2D eigenvalue weighted by Gasteiger charge is 2.35. The molecular formula is C17H25N3O3S. The molecule has 1 amide bonds. The third kappa shape index (κ3) is 4.03. The number of nitrogens with one attached hydrogen (secondary N) is 1. The van der Waals surface area contributed by atoms with Crippen LogP contribution in [0.25, 0.3) is 0 Å². The Labute approximate surface area is 143 Å². The molecule has 0 radical (unpaired) electrons. The molecule has 3 N–H and O–H groups in total. The van der Waals surface area contributed by atoms with Gasteiger partial charge in [0.05, 0.1) is 4.90 Å². The summed E-state index contributed by atoms with van der Waals surface area (Å²) in [4.78, 5) is 14.5. The van der Waals surface area contributed by atoms with Gasteiger partial charge < -0.3 is 10.6 Å². The van der Waals surface area contributed by atoms with Crippen molar-refractivity contribution in [3.8, 4) is 0 Å². The maximum atomic E-state index is 12.6. The van der Waals surface area contributed by atoms with Gasteiger partial charge in [-0.05, 0) is 36.1 Å². The lowest BCUT2D eigenvalue weighted by molar-refractivity contribution is 0.0533. The molecular weight excluding hydrogens is 326 g/mol. The summed E-state index contributed by atoms with van der Waals surface area (Å²) in [5.74, 6) is -0.0991. The van der Waals surface area contributed by atoms with E-state index in [4.69, 9.17) is 5.73 Å². The van der Waals surface area contributed by atoms with Crippen LogP contribution in [-0.4, -0.2) is 44.9 Å². The van der Waals surface area contributed by atoms with E-state index in [1.54, 1.807) is 17.0 Å². The van der Waals surface area contributed by atoms with Gasteiger partial charge in [0, 0.05) is 31.2 Å². The highest BCUT2D eigenvalue weighted by molar-refractivity contribution is 7.89. The van der Waals surface area contributed by atoms with Crippen molar-refractivity contribution in [1.82, 2.24) is 9.62 Å². The lowest BCUT2D eigenvalue weighted by Crippen LogP contribution is -2.54. The third-order valence-corrected chi connectivity index (χ3v) is 5.87. The Morgan fingerprint density at radius 1 is 1.42 bits per heavy atom. The highest BCUT2D eigenvalue weighted by atomic mass is 32.2. The number of amides is 1. The first-order valence-electron chi connectivity index (χ1n) is 7.93. The van der Waals surface area contributed by atoms with Crippen LogP contribution in [0.4, 0.5) is 0 Å². The quantitative estimate of drug-likeness (QED) is 0.783. The lowest BCUT2D eigenvalue weighted by Gasteiger charge is -2.42. The zero-order chi connectivity index (χ0) is 18.0. The molecule has 1 saturated heterocycles. The van der Waals surface area contributed by atoms with Crippen LogP contribution < -0.4 is 10.5 Å². The minimum absolute atomic E-state index is 0.0741. The number of carbonyl (C=O) groups is 1. The van der Waals surface area contributed by atoms with Gasteiger partial charge in [0.2, 0.25) is 10.0 Å². The number of benzene rings is 1. The van der Waals surface area contributed by atoms with Crippen LogP contribution in [-0.2, 0) is 10.0 Å². The summed E-state index contributed by atoms with van der Waals surface area (Å²) in [5, 5.41) is 0. The predicted octanol–water partition coefficient (Wildman–Crippen LogP) is 1.35. The molecule has 1 aliphatic heterocycles. The number of carbonyl (C=O) groups excluding carboxylic acids is 1. The van der Waals surface area contributed by atoms with Gasteiger partial charge in [-0.25, -0.2) is 13.1 Å². The minimum Gasteiger partial charge on any atom is -0.338 e. The summed E-state index contributed by atoms with van der Waals surface area (Å²) < 4.78 is 26.5. The first kappa shape index (κ1) is 18.6. The van der Waals surface area contributed by atoms with Crippen molar-refractivity contribution < 1.29 is 13.2 Å². The molecule has 2 rings (SSSR count). The number of nitrogens with zero attached hydrogens (tertiary/aromatic N) is 1. The van der Waals surface area contributed by atoms with Crippen molar-refractivity contribution >= 4 is 15.9 Å². The Morgan fingerprint density at radius 3 is 2.58 bits per heavy atom. The van der Waals surface area contributed by atoms with E-state index >= 15 is 0 Å². The number of nitrogens with two attached hydrogens (primary N) is 1. The number of rotatable bonds is 5. The Hall–Kier alpha value is -1.70. The summed E-state index contributed by atoms with van der Waals surface area (Å²) in [6, 6.07) is 6.06. The van der Waals surface area contributed by atoms with Crippen molar-refractivity contribution in [1.29, 1.82) is 0 Å². The molecule has 7 heteroatoms. The first-order chi connectivity index (χ1) is 11.2. The molecule has 1 fully saturated rings. The number of likely N-dealkylation sites (tertiary alicyclic amines) is 1. The second-order valence-electron chi connectivity index (χ2n) is 6.78. The fourth-order valence-corrected chi connectivity index (χ4v) is 3.76. The van der Waals surface area contributed by atoms with Crippen LogP contribution in [0.2, 0.25) is 0 Å². The molecule has 0 aliphatic carbocycles. The van der Waals surface area contributed by atoms with Crippen molar-refractivity contribution in [2.45, 2.75) is 31.2 Å². The van der Waals surface area contributed by atoms with Gasteiger partial charge in [-0.3, -0.25) is 4.79 Å². The maximum absolute atomic E-state index is 12.6. The monoisotopic (exact) mass is 351 g/mol. The van der Waals surface area contributed by atoms with Crippen LogP contribution in [0.15, 0.2) is 41.8 Å². The maximum Gasteiger partial charge on any atom is 0.253 e. The Morgan fingerprint density at radius 2 is 2.04 bits per heavy atom. The van der Waals surface area contributed by atoms with Gasteiger partial charge in [-0.1, -0.05) is 19.9 Å². The van der Waals surface area contributed by atoms with Gasteiger partial charge in [0.15, 0.2) is 0 Å². The van der Waals surface area contributed by atoms with E-state index in [-0.39, 0.29) is 28.8 Å². The topological polar surface area (TPSA) is 92.5 Å². The Kier molecular flexibility index (Phi) is 5.47. The zero-order valence-corrected chi connectivity index (χ0v) is 15.0. The largest absolute Gasteiger partial charge is 0.338 e. The van der Waals surface area contributed by atoms with Gasteiger partial charge >= 0.3 is 0 Å². The van der Waals surface area contributed by atoms with Crippen molar-refractivity contribution in [2.75, 3.05) is 19.6 Å². The second kappa shape index (κ2) is 7.04. The van der Waals surface area contributed by atoms with E-state index < -0.39 is 10.0 Å². The van der Waals surface area contributed by atoms with Gasteiger partial charge in [-0.15, -0.1) is 6.58 Å². The fourth-order valence-electron chi connectivity index (χ4n) is 2.76. The van der Waals surface area contributed by atoms with Gasteiger partial charge in [0.1, 0.15) is 0 Å². The van der Waals surface area contributed by atoms with E-state index in [0.717, 1.165) is 6.42 Å². The van der Waals surface area contributed by atoms with Crippen LogP contribution in [0.5, 0.6) is 0 Å². The summed E-state index contributed by atoms with van der Waals surface area (Å²) in [6.07, 6.45) is 2.23. The van der Waals surface area contributed by atoms with Crippen LogP contribution in [0.1, 0.15) is 30.6 Å². The second-order valence-corrected chi connectivity index (χ2v) is 8.54. The predicted molar refractivity (Wildman–Crippen MR) is 94.1 cm³/mol. The van der Waals surface area contributed by atoms with Crippen molar-refractivity contribution in [3.05, 3.63) is 42.5 Å². The first-order valence-corrected chi connectivity index (χ1v) is 9.41. The molecule has 24 heavy (non-hydrogen) atoms. The molecule has 1 aromatic carbocycles. The standard InChI is InChI=1S/C17H25N3O3S/c1-4-10-19-24(22,23)14-7-5-13(6-8-14)16(21)20-11-9-15(18)17(2,3)12-20/h4-8,15,19H,1,9-12,18H2,2-3H3. The molecule has 1 aromatic rings. The number of hydrogen-bond donors (Lipinski definition) is 2. The molecule has 0 saturated carbocycles. The number of piperidine rings is 1. The Balaban J connectivity index is 2.13. The summed E-state index contributed by atoms with van der Waals surface area (Å²) >= 11 is 0. The molecule has 132 valence electrons. The highest BCUT2D eigenvalue weighted by Crippen LogP contribution is 2.28. The van der Waals surface area contributed by atoms with E-state index in [0.29, 0.717) is 18.7 Å².